The first-order valence-corrected chi connectivity index (χ1v) is 9.51. The average Bonchev–Trinajstić information content (AvgIpc) is 3.34. The van der Waals surface area contributed by atoms with Crippen molar-refractivity contribution in [3.63, 3.8) is 0 Å². The summed E-state index contributed by atoms with van der Waals surface area (Å²) < 4.78 is 7.55. The molecule has 2 aromatic heterocycles. The molecular formula is C21H24N4O2. The summed E-state index contributed by atoms with van der Waals surface area (Å²) >= 11 is 0. The predicted molar refractivity (Wildman–Crippen MR) is 102 cm³/mol. The molecule has 1 amide bonds. The molecule has 4 rings (SSSR count). The fourth-order valence-electron chi connectivity index (χ4n) is 3.90. The minimum Gasteiger partial charge on any atom is -0.360 e. The second-order valence-corrected chi connectivity index (χ2v) is 6.99. The zero-order chi connectivity index (χ0) is 18.8. The molecular weight excluding hydrogens is 340 g/mol. The van der Waals surface area contributed by atoms with E-state index in [0.717, 1.165) is 37.3 Å². The van der Waals surface area contributed by atoms with Crippen LogP contribution < -0.4 is 0 Å². The third-order valence-corrected chi connectivity index (χ3v) is 5.29. The number of nitrogens with zero attached hydrogens (tertiary/aromatic N) is 4. The molecule has 0 aliphatic carbocycles. The lowest BCUT2D eigenvalue weighted by atomic mass is 9.95. The summed E-state index contributed by atoms with van der Waals surface area (Å²) in [6.07, 6.45) is 5.87. The van der Waals surface area contributed by atoms with Crippen molar-refractivity contribution >= 4 is 5.91 Å². The standard InChI is InChI=1S/C21H24N4O2/c1-3-24-13-11-22-20(24)17-10-7-12-25(14-17)21(26)18-15(2)27-23-19(18)16-8-5-4-6-9-16/h4-6,8-9,11,13,17H,3,7,10,12,14H2,1-2H3/t17-/m1/s1. The second kappa shape index (κ2) is 7.39. The summed E-state index contributed by atoms with van der Waals surface area (Å²) in [6.45, 7) is 6.24. The maximum atomic E-state index is 13.3. The topological polar surface area (TPSA) is 64.2 Å². The van der Waals surface area contributed by atoms with Crippen molar-refractivity contribution in [2.45, 2.75) is 39.2 Å². The minimum absolute atomic E-state index is 0.00749. The van der Waals surface area contributed by atoms with Gasteiger partial charge >= 0.3 is 0 Å². The Labute approximate surface area is 158 Å². The highest BCUT2D eigenvalue weighted by Gasteiger charge is 2.31. The molecule has 1 atom stereocenters. The maximum absolute atomic E-state index is 13.3. The lowest BCUT2D eigenvalue weighted by Gasteiger charge is -2.32. The van der Waals surface area contributed by atoms with Crippen molar-refractivity contribution in [2.24, 2.45) is 0 Å². The number of hydrogen-bond donors (Lipinski definition) is 0. The third-order valence-electron chi connectivity index (χ3n) is 5.29. The summed E-state index contributed by atoms with van der Waals surface area (Å²) in [7, 11) is 0. The van der Waals surface area contributed by atoms with Gasteiger partial charge in [-0.3, -0.25) is 4.79 Å². The fraction of sp³-hybridized carbons (Fsp3) is 0.381. The maximum Gasteiger partial charge on any atom is 0.259 e. The van der Waals surface area contributed by atoms with Crippen molar-refractivity contribution in [2.75, 3.05) is 13.1 Å². The van der Waals surface area contributed by atoms with Crippen molar-refractivity contribution < 1.29 is 9.32 Å². The Bertz CT molecular complexity index is 929. The molecule has 0 bridgehead atoms. The molecule has 0 spiro atoms. The number of carbonyl (C=O) groups excluding carboxylic acids is 1. The minimum atomic E-state index is -0.00749. The van der Waals surface area contributed by atoms with Gasteiger partial charge in [-0.05, 0) is 26.7 Å². The number of hydrogen-bond acceptors (Lipinski definition) is 4. The van der Waals surface area contributed by atoms with Crippen LogP contribution in [0.1, 0.15) is 47.6 Å². The van der Waals surface area contributed by atoms with E-state index >= 15 is 0 Å². The van der Waals surface area contributed by atoms with Crippen LogP contribution in [0.25, 0.3) is 11.3 Å². The Kier molecular flexibility index (Phi) is 4.79. The Morgan fingerprint density at radius 1 is 1.30 bits per heavy atom. The second-order valence-electron chi connectivity index (χ2n) is 6.99. The number of rotatable bonds is 4. The summed E-state index contributed by atoms with van der Waals surface area (Å²) in [4.78, 5) is 19.8. The molecule has 1 aliphatic heterocycles. The van der Waals surface area contributed by atoms with Crippen LogP contribution in [0.15, 0.2) is 47.2 Å². The smallest absolute Gasteiger partial charge is 0.259 e. The van der Waals surface area contributed by atoms with Gasteiger partial charge in [0.2, 0.25) is 0 Å². The van der Waals surface area contributed by atoms with Crippen LogP contribution in [0.2, 0.25) is 0 Å². The van der Waals surface area contributed by atoms with Gasteiger partial charge in [0.1, 0.15) is 22.8 Å². The number of imidazole rings is 1. The molecule has 1 saturated heterocycles. The van der Waals surface area contributed by atoms with E-state index in [1.165, 1.54) is 0 Å². The van der Waals surface area contributed by atoms with E-state index in [1.54, 1.807) is 6.92 Å². The molecule has 3 aromatic rings. The molecule has 0 unspecified atom stereocenters. The first-order valence-electron chi connectivity index (χ1n) is 9.51. The predicted octanol–water partition coefficient (Wildman–Crippen LogP) is 3.89. The van der Waals surface area contributed by atoms with E-state index < -0.39 is 0 Å². The van der Waals surface area contributed by atoms with Crippen molar-refractivity contribution in [3.05, 3.63) is 59.9 Å². The van der Waals surface area contributed by atoms with Gasteiger partial charge in [0.25, 0.3) is 5.91 Å². The summed E-state index contributed by atoms with van der Waals surface area (Å²) in [5, 5.41) is 4.16. The zero-order valence-electron chi connectivity index (χ0n) is 15.8. The first-order chi connectivity index (χ1) is 13.2. The highest BCUT2D eigenvalue weighted by atomic mass is 16.5. The van der Waals surface area contributed by atoms with Crippen LogP contribution in [-0.4, -0.2) is 38.6 Å². The van der Waals surface area contributed by atoms with Crippen molar-refractivity contribution in [1.29, 1.82) is 0 Å². The molecule has 1 aromatic carbocycles. The summed E-state index contributed by atoms with van der Waals surface area (Å²) in [5.74, 6) is 1.89. The van der Waals surface area contributed by atoms with Gasteiger partial charge in [0, 0.05) is 43.5 Å². The van der Waals surface area contributed by atoms with Crippen LogP contribution in [0, 0.1) is 6.92 Å². The van der Waals surface area contributed by atoms with E-state index in [2.05, 4.69) is 21.6 Å². The van der Waals surface area contributed by atoms with Gasteiger partial charge in [-0.25, -0.2) is 4.98 Å². The highest BCUT2D eigenvalue weighted by Crippen LogP contribution is 2.30. The highest BCUT2D eigenvalue weighted by molar-refractivity contribution is 6.00. The number of piperidine rings is 1. The SMILES string of the molecule is CCn1ccnc1[C@@H]1CCCN(C(=O)c2c(-c3ccccc3)noc2C)C1. The molecule has 6 heteroatoms. The number of carbonyl (C=O) groups is 1. The van der Waals surface area contributed by atoms with E-state index in [0.29, 0.717) is 23.6 Å². The Hall–Kier alpha value is -2.89. The van der Waals surface area contributed by atoms with Gasteiger partial charge in [-0.15, -0.1) is 0 Å². The average molecular weight is 364 g/mol. The molecule has 0 radical (unpaired) electrons. The number of aromatic nitrogens is 3. The number of aryl methyl sites for hydroxylation is 2. The van der Waals surface area contributed by atoms with Crippen molar-refractivity contribution in [3.8, 4) is 11.3 Å². The lowest BCUT2D eigenvalue weighted by molar-refractivity contribution is 0.0702. The lowest BCUT2D eigenvalue weighted by Crippen LogP contribution is -2.40. The van der Waals surface area contributed by atoms with Gasteiger partial charge < -0.3 is 14.0 Å². The number of benzene rings is 1. The first kappa shape index (κ1) is 17.5. The van der Waals surface area contributed by atoms with Gasteiger partial charge in [0.15, 0.2) is 0 Å². The molecule has 140 valence electrons. The molecule has 1 fully saturated rings. The normalized spacial score (nSPS) is 17.3. The van der Waals surface area contributed by atoms with Crippen molar-refractivity contribution in [1.82, 2.24) is 19.6 Å². The summed E-state index contributed by atoms with van der Waals surface area (Å²) in [5.41, 5.74) is 2.09. The van der Waals surface area contributed by atoms with Crippen LogP contribution in [0.5, 0.6) is 0 Å². The van der Waals surface area contributed by atoms with E-state index in [4.69, 9.17) is 4.52 Å². The Morgan fingerprint density at radius 3 is 2.89 bits per heavy atom. The Balaban J connectivity index is 1.61. The molecule has 0 saturated carbocycles. The Morgan fingerprint density at radius 2 is 2.11 bits per heavy atom. The quantitative estimate of drug-likeness (QED) is 0.705. The molecule has 3 heterocycles. The van der Waals surface area contributed by atoms with Gasteiger partial charge in [-0.1, -0.05) is 35.5 Å². The molecule has 6 nitrogen and oxygen atoms in total. The van der Waals surface area contributed by atoms with E-state index in [1.807, 2.05) is 47.6 Å². The van der Waals surface area contributed by atoms with Crippen LogP contribution >= 0.6 is 0 Å². The summed E-state index contributed by atoms with van der Waals surface area (Å²) in [6, 6.07) is 9.73. The number of likely N-dealkylation sites (tertiary alicyclic amines) is 1. The zero-order valence-corrected chi connectivity index (χ0v) is 15.8. The molecule has 1 aliphatic rings. The fourth-order valence-corrected chi connectivity index (χ4v) is 3.90. The number of amides is 1. The van der Waals surface area contributed by atoms with Gasteiger partial charge in [0.05, 0.1) is 0 Å². The monoisotopic (exact) mass is 364 g/mol. The van der Waals surface area contributed by atoms with E-state index in [-0.39, 0.29) is 11.8 Å². The van der Waals surface area contributed by atoms with Gasteiger partial charge in [-0.2, -0.15) is 0 Å². The van der Waals surface area contributed by atoms with Crippen LogP contribution in [0.4, 0.5) is 0 Å². The largest absolute Gasteiger partial charge is 0.360 e. The van der Waals surface area contributed by atoms with Crippen LogP contribution in [-0.2, 0) is 6.54 Å². The van der Waals surface area contributed by atoms with E-state index in [9.17, 15) is 4.79 Å². The third kappa shape index (κ3) is 3.27. The molecule has 0 N–H and O–H groups in total. The molecule has 27 heavy (non-hydrogen) atoms. The van der Waals surface area contributed by atoms with Crippen LogP contribution in [0.3, 0.4) is 0 Å².